The van der Waals surface area contributed by atoms with Gasteiger partial charge in [0.15, 0.2) is 0 Å². The van der Waals surface area contributed by atoms with Gasteiger partial charge in [-0.1, -0.05) is 18.5 Å². The molecule has 3 heterocycles. The van der Waals surface area contributed by atoms with E-state index in [1.165, 1.54) is 10.4 Å². The van der Waals surface area contributed by atoms with Crippen molar-refractivity contribution in [2.24, 2.45) is 0 Å². The molecule has 2 nitrogen and oxygen atoms in total. The van der Waals surface area contributed by atoms with E-state index in [1.807, 2.05) is 0 Å². The molecular weight excluding hydrogens is 266 g/mol. The largest absolute Gasteiger partial charge is 0.367 e. The summed E-state index contributed by atoms with van der Waals surface area (Å²) in [6, 6.07) is 2.66. The summed E-state index contributed by atoms with van der Waals surface area (Å²) in [5.41, 5.74) is 1.29. The van der Waals surface area contributed by atoms with Crippen molar-refractivity contribution in [1.82, 2.24) is 5.32 Å². The van der Waals surface area contributed by atoms with Crippen LogP contribution in [0, 0.1) is 0 Å². The summed E-state index contributed by atoms with van der Waals surface area (Å²) in [7, 11) is 0. The maximum absolute atomic E-state index is 6.48. The Morgan fingerprint density at radius 1 is 1.61 bits per heavy atom. The van der Waals surface area contributed by atoms with Gasteiger partial charge in [-0.3, -0.25) is 0 Å². The summed E-state index contributed by atoms with van der Waals surface area (Å²) < 4.78 is 7.39. The number of ether oxygens (including phenoxy) is 1. The summed E-state index contributed by atoms with van der Waals surface area (Å²) >= 11 is 7.97. The predicted molar refractivity (Wildman–Crippen MR) is 76.6 cm³/mol. The van der Waals surface area contributed by atoms with E-state index in [-0.39, 0.29) is 5.60 Å². The highest BCUT2D eigenvalue weighted by molar-refractivity contribution is 7.16. The smallest absolute Gasteiger partial charge is 0.0973 e. The van der Waals surface area contributed by atoms with Crippen LogP contribution < -0.4 is 5.32 Å². The Balaban J connectivity index is 2.01. The number of thiophene rings is 1. The number of hydrogen-bond donors (Lipinski definition) is 1. The van der Waals surface area contributed by atoms with Crippen LogP contribution in [0.2, 0.25) is 4.34 Å². The third kappa shape index (κ3) is 2.11. The lowest BCUT2D eigenvalue weighted by molar-refractivity contribution is -0.132. The van der Waals surface area contributed by atoms with Crippen LogP contribution in [0.5, 0.6) is 0 Å². The van der Waals surface area contributed by atoms with Crippen LogP contribution in [-0.4, -0.2) is 18.7 Å². The van der Waals surface area contributed by atoms with Crippen molar-refractivity contribution >= 4 is 22.9 Å². The lowest BCUT2D eigenvalue weighted by atomic mass is 9.79. The van der Waals surface area contributed by atoms with Crippen molar-refractivity contribution < 1.29 is 4.74 Å². The zero-order valence-corrected chi connectivity index (χ0v) is 12.5. The Hall–Kier alpha value is -0.0900. The molecule has 1 saturated heterocycles. The van der Waals surface area contributed by atoms with Gasteiger partial charge in [-0.25, -0.2) is 0 Å². The molecule has 1 fully saturated rings. The summed E-state index contributed by atoms with van der Waals surface area (Å²) in [6.07, 6.45) is 4.60. The number of piperidine rings is 1. The molecular formula is C14H20ClNOS. The number of nitrogens with one attached hydrogen (secondary N) is 1. The fourth-order valence-corrected chi connectivity index (χ4v) is 4.76. The second kappa shape index (κ2) is 4.78. The quantitative estimate of drug-likeness (QED) is 0.849. The number of rotatable bonds is 1. The normalized spacial score (nSPS) is 35.7. The first-order valence-corrected chi connectivity index (χ1v) is 8.02. The first-order chi connectivity index (χ1) is 8.63. The molecule has 4 heteroatoms. The molecule has 1 spiro atoms. The molecule has 3 rings (SSSR count). The van der Waals surface area contributed by atoms with E-state index < -0.39 is 0 Å². The van der Waals surface area contributed by atoms with Crippen LogP contribution in [0.3, 0.4) is 0 Å². The van der Waals surface area contributed by atoms with E-state index >= 15 is 0 Å². The zero-order chi connectivity index (χ0) is 12.8. The monoisotopic (exact) mass is 285 g/mol. The number of fused-ring (bicyclic) bond motifs is 2. The average molecular weight is 286 g/mol. The van der Waals surface area contributed by atoms with Crippen molar-refractivity contribution in [1.29, 1.82) is 0 Å². The third-order valence-electron chi connectivity index (χ3n) is 4.19. The van der Waals surface area contributed by atoms with Crippen molar-refractivity contribution in [2.75, 3.05) is 6.54 Å². The van der Waals surface area contributed by atoms with Gasteiger partial charge in [-0.05, 0) is 44.4 Å². The van der Waals surface area contributed by atoms with Crippen molar-refractivity contribution in [2.45, 2.75) is 57.3 Å². The van der Waals surface area contributed by atoms with Gasteiger partial charge in [0.1, 0.15) is 0 Å². The first-order valence-electron chi connectivity index (χ1n) is 6.83. The van der Waals surface area contributed by atoms with Gasteiger partial charge in [-0.15, -0.1) is 11.3 Å². The molecule has 2 aliphatic heterocycles. The van der Waals surface area contributed by atoms with Crippen molar-refractivity contribution in [3.63, 3.8) is 0 Å². The Bertz CT molecular complexity index is 447. The zero-order valence-electron chi connectivity index (χ0n) is 11.0. The van der Waals surface area contributed by atoms with Gasteiger partial charge in [0.25, 0.3) is 0 Å². The summed E-state index contributed by atoms with van der Waals surface area (Å²) in [4.78, 5) is 1.45. The molecule has 0 saturated carbocycles. The number of hydrogen-bond acceptors (Lipinski definition) is 3. The molecule has 3 atom stereocenters. The van der Waals surface area contributed by atoms with E-state index in [0.717, 1.165) is 36.6 Å². The van der Waals surface area contributed by atoms with Crippen LogP contribution in [0.1, 0.15) is 43.6 Å². The molecule has 0 radical (unpaired) electrons. The molecule has 2 aliphatic rings. The Labute approximate surface area is 118 Å². The molecule has 0 aromatic carbocycles. The highest BCUT2D eigenvalue weighted by atomic mass is 35.5. The van der Waals surface area contributed by atoms with E-state index in [0.29, 0.717) is 12.1 Å². The van der Waals surface area contributed by atoms with Crippen LogP contribution in [-0.2, 0) is 16.8 Å². The van der Waals surface area contributed by atoms with Crippen molar-refractivity contribution in [3.8, 4) is 0 Å². The van der Waals surface area contributed by atoms with Crippen LogP contribution in [0.15, 0.2) is 6.07 Å². The van der Waals surface area contributed by atoms with E-state index in [4.69, 9.17) is 16.3 Å². The average Bonchev–Trinajstić information content (AvgIpc) is 2.70. The van der Waals surface area contributed by atoms with Gasteiger partial charge in [0.05, 0.1) is 16.0 Å². The van der Waals surface area contributed by atoms with Gasteiger partial charge in [-0.2, -0.15) is 0 Å². The Morgan fingerprint density at radius 2 is 2.44 bits per heavy atom. The molecule has 1 aromatic heterocycles. The van der Waals surface area contributed by atoms with Gasteiger partial charge >= 0.3 is 0 Å². The molecule has 1 N–H and O–H groups in total. The second-order valence-electron chi connectivity index (χ2n) is 5.54. The summed E-state index contributed by atoms with van der Waals surface area (Å²) in [5, 5.41) is 3.51. The van der Waals surface area contributed by atoms with Crippen LogP contribution in [0.4, 0.5) is 0 Å². The van der Waals surface area contributed by atoms with E-state index in [9.17, 15) is 0 Å². The minimum absolute atomic E-state index is 0.0808. The molecule has 100 valence electrons. The van der Waals surface area contributed by atoms with Gasteiger partial charge < -0.3 is 10.1 Å². The molecule has 18 heavy (non-hydrogen) atoms. The minimum Gasteiger partial charge on any atom is -0.367 e. The molecule has 1 aromatic rings. The highest BCUT2D eigenvalue weighted by Crippen LogP contribution is 2.47. The second-order valence-corrected chi connectivity index (χ2v) is 7.31. The van der Waals surface area contributed by atoms with E-state index in [1.54, 1.807) is 11.3 Å². The molecule has 2 unspecified atom stereocenters. The third-order valence-corrected chi connectivity index (χ3v) is 5.47. The Kier molecular flexibility index (Phi) is 3.43. The highest BCUT2D eigenvalue weighted by Gasteiger charge is 2.44. The SMILES string of the molecule is CCC1Cc2sc(Cl)cc2C2(CCN[C@@H](C)C2)O1. The van der Waals surface area contributed by atoms with Gasteiger partial charge in [0, 0.05) is 17.3 Å². The van der Waals surface area contributed by atoms with E-state index in [2.05, 4.69) is 25.2 Å². The lowest BCUT2D eigenvalue weighted by Crippen LogP contribution is -2.50. The van der Waals surface area contributed by atoms with Gasteiger partial charge in [0.2, 0.25) is 0 Å². The molecule has 0 aliphatic carbocycles. The fourth-order valence-electron chi connectivity index (χ4n) is 3.33. The maximum Gasteiger partial charge on any atom is 0.0973 e. The lowest BCUT2D eigenvalue weighted by Gasteiger charge is -2.45. The van der Waals surface area contributed by atoms with Crippen LogP contribution >= 0.6 is 22.9 Å². The minimum atomic E-state index is -0.0808. The fraction of sp³-hybridized carbons (Fsp3) is 0.714. The topological polar surface area (TPSA) is 21.3 Å². The van der Waals surface area contributed by atoms with Crippen LogP contribution in [0.25, 0.3) is 0 Å². The summed E-state index contributed by atoms with van der Waals surface area (Å²) in [5.74, 6) is 0. The van der Waals surface area contributed by atoms with Crippen molar-refractivity contribution in [3.05, 3.63) is 20.8 Å². The predicted octanol–water partition coefficient (Wildman–Crippen LogP) is 3.72. The Morgan fingerprint density at radius 3 is 3.17 bits per heavy atom. The first kappa shape index (κ1) is 12.9. The number of halogens is 1. The molecule has 0 amide bonds. The standard InChI is InChI=1S/C14H20ClNOS/c1-3-10-6-12-11(7-13(15)18-12)14(17-10)4-5-16-9(2)8-14/h7,9-10,16H,3-6,8H2,1-2H3/t9-,10?,14?/m0/s1. The summed E-state index contributed by atoms with van der Waals surface area (Å²) in [6.45, 7) is 5.49. The molecule has 0 bridgehead atoms. The maximum atomic E-state index is 6.48.